The molecule has 1 fully saturated rings. The number of nitrogens with zero attached hydrogens (tertiary/aromatic N) is 3. The maximum atomic E-state index is 13.2. The molecule has 7 heteroatoms. The molecule has 3 rings (SSSR count). The number of ether oxygens (including phenoxy) is 1. The normalized spacial score (nSPS) is 18.0. The number of rotatable bonds is 4. The van der Waals surface area contributed by atoms with Gasteiger partial charge in [0.05, 0.1) is 0 Å². The van der Waals surface area contributed by atoms with Gasteiger partial charge in [-0.15, -0.1) is 0 Å². The topological polar surface area (TPSA) is 50.3 Å². The number of hydrogen-bond donors (Lipinski definition) is 1. The van der Waals surface area contributed by atoms with Crippen molar-refractivity contribution in [3.63, 3.8) is 0 Å². The van der Waals surface area contributed by atoms with E-state index in [1.165, 1.54) is 12.1 Å². The molecule has 0 aliphatic carbocycles. The van der Waals surface area contributed by atoms with Gasteiger partial charge in [0.1, 0.15) is 24.1 Å². The summed E-state index contributed by atoms with van der Waals surface area (Å²) in [5, 5.41) is 3.32. The zero-order valence-electron chi connectivity index (χ0n) is 12.8. The van der Waals surface area contributed by atoms with Gasteiger partial charge >= 0.3 is 6.01 Å². The number of piperazine rings is 1. The summed E-state index contributed by atoms with van der Waals surface area (Å²) in [4.78, 5) is 10.6. The maximum absolute atomic E-state index is 13.2. The summed E-state index contributed by atoms with van der Waals surface area (Å²) in [6, 6.07) is 5.63. The molecular formula is C16H18F2N4O. The fourth-order valence-corrected chi connectivity index (χ4v) is 2.58. The monoisotopic (exact) mass is 320 g/mol. The molecule has 0 spiro atoms. The molecule has 0 radical (unpaired) electrons. The molecule has 23 heavy (non-hydrogen) atoms. The third-order valence-electron chi connectivity index (χ3n) is 3.70. The number of hydrogen-bond acceptors (Lipinski definition) is 5. The molecule has 0 saturated carbocycles. The van der Waals surface area contributed by atoms with Crippen LogP contribution in [-0.4, -0.2) is 35.6 Å². The molecule has 1 saturated heterocycles. The number of nitrogens with one attached hydrogen (secondary N) is 1. The van der Waals surface area contributed by atoms with Crippen LogP contribution in [0.5, 0.6) is 6.01 Å². The summed E-state index contributed by atoms with van der Waals surface area (Å²) < 4.78 is 31.8. The number of aromatic nitrogens is 2. The average Bonchev–Trinajstić information content (AvgIpc) is 2.53. The Labute approximate surface area is 133 Å². The van der Waals surface area contributed by atoms with Crippen LogP contribution in [0.1, 0.15) is 12.5 Å². The van der Waals surface area contributed by atoms with Gasteiger partial charge in [0, 0.05) is 37.9 Å². The van der Waals surface area contributed by atoms with E-state index < -0.39 is 11.6 Å². The molecule has 5 nitrogen and oxygen atoms in total. The van der Waals surface area contributed by atoms with Crippen molar-refractivity contribution in [3.8, 4) is 6.01 Å². The highest BCUT2D eigenvalue weighted by Crippen LogP contribution is 2.18. The lowest BCUT2D eigenvalue weighted by atomic mass is 10.2. The van der Waals surface area contributed by atoms with Crippen LogP contribution in [0.15, 0.2) is 30.5 Å². The van der Waals surface area contributed by atoms with Gasteiger partial charge in [0.2, 0.25) is 0 Å². The summed E-state index contributed by atoms with van der Waals surface area (Å²) in [6.07, 6.45) is 1.62. The van der Waals surface area contributed by atoms with E-state index in [-0.39, 0.29) is 12.6 Å². The minimum atomic E-state index is -0.632. The molecule has 2 heterocycles. The van der Waals surface area contributed by atoms with Crippen molar-refractivity contribution in [1.82, 2.24) is 15.3 Å². The van der Waals surface area contributed by atoms with Crippen LogP contribution < -0.4 is 15.0 Å². The Balaban J connectivity index is 1.70. The molecule has 1 atom stereocenters. The second kappa shape index (κ2) is 6.87. The summed E-state index contributed by atoms with van der Waals surface area (Å²) in [5.74, 6) is -0.477. The molecule has 122 valence electrons. The summed E-state index contributed by atoms with van der Waals surface area (Å²) in [6.45, 7) is 4.77. The van der Waals surface area contributed by atoms with Crippen LogP contribution >= 0.6 is 0 Å². The van der Waals surface area contributed by atoms with Crippen molar-refractivity contribution in [2.45, 2.75) is 19.6 Å². The van der Waals surface area contributed by atoms with Crippen LogP contribution in [0, 0.1) is 11.6 Å². The van der Waals surface area contributed by atoms with Crippen molar-refractivity contribution in [2.24, 2.45) is 0 Å². The predicted octanol–water partition coefficient (Wildman–Crippen LogP) is 2.13. The zero-order valence-corrected chi connectivity index (χ0v) is 12.8. The van der Waals surface area contributed by atoms with Gasteiger partial charge < -0.3 is 15.0 Å². The SMILES string of the molecule is C[C@@H]1CNCCN1c1ccnc(OCc2cc(F)cc(F)c2)n1. The van der Waals surface area contributed by atoms with Crippen LogP contribution in [0.4, 0.5) is 14.6 Å². The van der Waals surface area contributed by atoms with Gasteiger partial charge in [-0.2, -0.15) is 4.98 Å². The molecular weight excluding hydrogens is 302 g/mol. The Morgan fingerprint density at radius 1 is 1.30 bits per heavy atom. The van der Waals surface area contributed by atoms with Crippen LogP contribution in [0.2, 0.25) is 0 Å². The third-order valence-corrected chi connectivity index (χ3v) is 3.70. The standard InChI is InChI=1S/C16H18F2N4O/c1-11-9-19-4-5-22(11)15-2-3-20-16(21-15)23-10-12-6-13(17)8-14(18)7-12/h2-3,6-8,11,19H,4-5,9-10H2,1H3/t11-/m1/s1. The zero-order chi connectivity index (χ0) is 16.2. The Hall–Kier alpha value is -2.28. The minimum Gasteiger partial charge on any atom is -0.459 e. The second-order valence-corrected chi connectivity index (χ2v) is 5.51. The third kappa shape index (κ3) is 3.92. The van der Waals surface area contributed by atoms with E-state index >= 15 is 0 Å². The highest BCUT2D eigenvalue weighted by Gasteiger charge is 2.19. The van der Waals surface area contributed by atoms with Gasteiger partial charge in [-0.1, -0.05) is 0 Å². The highest BCUT2D eigenvalue weighted by atomic mass is 19.1. The first-order valence-corrected chi connectivity index (χ1v) is 7.50. The first-order chi connectivity index (χ1) is 11.1. The summed E-state index contributed by atoms with van der Waals surface area (Å²) in [5.41, 5.74) is 0.395. The first-order valence-electron chi connectivity index (χ1n) is 7.50. The lowest BCUT2D eigenvalue weighted by Gasteiger charge is -2.34. The molecule has 1 aliphatic heterocycles. The Morgan fingerprint density at radius 2 is 2.09 bits per heavy atom. The molecule has 1 aliphatic rings. The van der Waals surface area contributed by atoms with Crippen LogP contribution in [-0.2, 0) is 6.61 Å². The lowest BCUT2D eigenvalue weighted by Crippen LogP contribution is -2.50. The summed E-state index contributed by atoms with van der Waals surface area (Å²) >= 11 is 0. The van der Waals surface area contributed by atoms with E-state index in [1.807, 2.05) is 6.07 Å². The largest absolute Gasteiger partial charge is 0.459 e. The van der Waals surface area contributed by atoms with Crippen molar-refractivity contribution < 1.29 is 13.5 Å². The molecule has 1 aromatic carbocycles. The molecule has 0 unspecified atom stereocenters. The van der Waals surface area contributed by atoms with Crippen molar-refractivity contribution in [1.29, 1.82) is 0 Å². The maximum Gasteiger partial charge on any atom is 0.318 e. The lowest BCUT2D eigenvalue weighted by molar-refractivity contribution is 0.279. The molecule has 0 amide bonds. The van der Waals surface area contributed by atoms with Crippen LogP contribution in [0.25, 0.3) is 0 Å². The molecule has 2 aromatic rings. The highest BCUT2D eigenvalue weighted by molar-refractivity contribution is 5.40. The van der Waals surface area contributed by atoms with Gasteiger partial charge in [-0.05, 0) is 30.7 Å². The fraction of sp³-hybridized carbons (Fsp3) is 0.375. The fourth-order valence-electron chi connectivity index (χ4n) is 2.58. The smallest absolute Gasteiger partial charge is 0.318 e. The Morgan fingerprint density at radius 3 is 2.83 bits per heavy atom. The van der Waals surface area contributed by atoms with Gasteiger partial charge in [-0.3, -0.25) is 0 Å². The van der Waals surface area contributed by atoms with Crippen LogP contribution in [0.3, 0.4) is 0 Å². The van der Waals surface area contributed by atoms with E-state index in [9.17, 15) is 8.78 Å². The van der Waals surface area contributed by atoms with Gasteiger partial charge in [0.15, 0.2) is 0 Å². The number of halogens is 2. The Kier molecular flexibility index (Phi) is 4.66. The van der Waals surface area contributed by atoms with Gasteiger partial charge in [-0.25, -0.2) is 13.8 Å². The minimum absolute atomic E-state index is 0.00917. The van der Waals surface area contributed by atoms with E-state index in [2.05, 4.69) is 27.1 Å². The molecule has 1 N–H and O–H groups in total. The van der Waals surface area contributed by atoms with E-state index in [4.69, 9.17) is 4.74 Å². The van der Waals surface area contributed by atoms with E-state index in [0.717, 1.165) is 31.5 Å². The molecule has 0 bridgehead atoms. The summed E-state index contributed by atoms with van der Waals surface area (Å²) in [7, 11) is 0. The number of anilines is 1. The van der Waals surface area contributed by atoms with Gasteiger partial charge in [0.25, 0.3) is 0 Å². The second-order valence-electron chi connectivity index (χ2n) is 5.51. The average molecular weight is 320 g/mol. The van der Waals surface area contributed by atoms with E-state index in [0.29, 0.717) is 11.6 Å². The first kappa shape index (κ1) is 15.6. The predicted molar refractivity (Wildman–Crippen MR) is 82.4 cm³/mol. The van der Waals surface area contributed by atoms with E-state index in [1.54, 1.807) is 6.20 Å². The molecule has 1 aromatic heterocycles. The quantitative estimate of drug-likeness (QED) is 0.935. The Bertz CT molecular complexity index is 663. The number of benzene rings is 1. The van der Waals surface area contributed by atoms with Crippen molar-refractivity contribution in [3.05, 3.63) is 47.7 Å². The van der Waals surface area contributed by atoms with Crippen molar-refractivity contribution in [2.75, 3.05) is 24.5 Å². The van der Waals surface area contributed by atoms with Crippen molar-refractivity contribution >= 4 is 5.82 Å².